The van der Waals surface area contributed by atoms with Gasteiger partial charge in [0, 0.05) is 5.10 Å². The van der Waals surface area contributed by atoms with Crippen LogP contribution >= 0.6 is 0 Å². The van der Waals surface area contributed by atoms with Gasteiger partial charge in [0.05, 0.1) is 0 Å². The van der Waals surface area contributed by atoms with Gasteiger partial charge in [0.2, 0.25) is 12.7 Å². The number of carboxylic acids is 1. The van der Waals surface area contributed by atoms with E-state index in [0.717, 1.165) is 0 Å². The third kappa shape index (κ3) is 1.52. The summed E-state index contributed by atoms with van der Waals surface area (Å²) in [5, 5.41) is 14.2. The van der Waals surface area contributed by atoms with Crippen molar-refractivity contribution >= 4 is 5.97 Å². The molecule has 1 aromatic rings. The molecule has 0 fully saturated rings. The Hall–Kier alpha value is -1.39. The van der Waals surface area contributed by atoms with Gasteiger partial charge in [-0.05, 0) is 0 Å². The Morgan fingerprint density at radius 2 is 2.67 bits per heavy atom. The first-order valence-corrected chi connectivity index (χ1v) is 2.39. The first-order chi connectivity index (χ1) is 4.29. The maximum absolute atomic E-state index is 10.00. The van der Waals surface area contributed by atoms with Crippen LogP contribution in [0.5, 0.6) is 0 Å². The van der Waals surface area contributed by atoms with Gasteiger partial charge in [-0.3, -0.25) is 0 Å². The minimum Gasteiger partial charge on any atom is -0.478 e. The molecule has 0 unspecified atom stereocenters. The van der Waals surface area contributed by atoms with Gasteiger partial charge in [-0.15, -0.1) is 0 Å². The van der Waals surface area contributed by atoms with Crippen molar-refractivity contribution in [3.8, 4) is 0 Å². The molecule has 1 rings (SSSR count). The lowest BCUT2D eigenvalue weighted by Gasteiger charge is -1.83. The number of carbonyl (C=O) groups is 1. The highest BCUT2D eigenvalue weighted by Crippen LogP contribution is 1.64. The number of aromatic nitrogens is 3. The molecule has 1 heterocycles. The van der Waals surface area contributed by atoms with Crippen molar-refractivity contribution in [1.29, 1.82) is 0 Å². The van der Waals surface area contributed by atoms with Gasteiger partial charge in [-0.25, -0.2) is 4.79 Å². The third-order valence-corrected chi connectivity index (χ3v) is 0.813. The Morgan fingerprint density at radius 1 is 1.89 bits per heavy atom. The van der Waals surface area contributed by atoms with Crippen LogP contribution in [-0.2, 0) is 11.3 Å². The van der Waals surface area contributed by atoms with Crippen LogP contribution in [0.1, 0.15) is 0 Å². The van der Waals surface area contributed by atoms with Crippen LogP contribution in [-0.4, -0.2) is 21.4 Å². The van der Waals surface area contributed by atoms with Crippen LogP contribution in [0.25, 0.3) is 0 Å². The number of hydrogen-bond acceptors (Lipinski definition) is 2. The molecule has 48 valence electrons. The van der Waals surface area contributed by atoms with Crippen LogP contribution in [0, 0.1) is 0 Å². The summed E-state index contributed by atoms with van der Waals surface area (Å²) in [6.07, 6.45) is 3.04. The summed E-state index contributed by atoms with van der Waals surface area (Å²) >= 11 is 0. The number of aliphatic carboxylic acids is 1. The van der Waals surface area contributed by atoms with Crippen molar-refractivity contribution in [3.63, 3.8) is 0 Å². The minimum atomic E-state index is -0.885. The standard InChI is InChI=1S/C4H5N3O2/c8-4(9)3-7-2-1-5-6-7/h1-2H,3H2,(H,8,9)/p+1. The summed E-state index contributed by atoms with van der Waals surface area (Å²) < 4.78 is 1.36. The number of H-pyrrole nitrogens is 1. The zero-order chi connectivity index (χ0) is 6.69. The largest absolute Gasteiger partial charge is 0.478 e. The molecular weight excluding hydrogens is 122 g/mol. The van der Waals surface area contributed by atoms with Gasteiger partial charge >= 0.3 is 5.97 Å². The summed E-state index contributed by atoms with van der Waals surface area (Å²) in [6, 6.07) is 0. The molecule has 2 N–H and O–H groups in total. The predicted molar refractivity (Wildman–Crippen MR) is 26.4 cm³/mol. The van der Waals surface area contributed by atoms with Gasteiger partial charge in [-0.2, -0.15) is 4.68 Å². The van der Waals surface area contributed by atoms with Crippen LogP contribution in [0.3, 0.4) is 0 Å². The number of hydrogen-bond donors (Lipinski definition) is 2. The van der Waals surface area contributed by atoms with Gasteiger partial charge in [0.15, 0.2) is 6.20 Å². The zero-order valence-electron chi connectivity index (χ0n) is 4.61. The molecule has 0 atom stereocenters. The van der Waals surface area contributed by atoms with E-state index in [4.69, 9.17) is 5.11 Å². The number of nitrogens with zero attached hydrogens (tertiary/aromatic N) is 2. The maximum atomic E-state index is 10.00. The summed E-state index contributed by atoms with van der Waals surface area (Å²) in [4.78, 5) is 10.00. The lowest BCUT2D eigenvalue weighted by molar-refractivity contribution is -0.743. The van der Waals surface area contributed by atoms with Gasteiger partial charge in [-0.1, -0.05) is 5.21 Å². The SMILES string of the molecule is O=C(O)C[n+]1ccn[nH]1. The topological polar surface area (TPSA) is 69.9 Å². The van der Waals surface area contributed by atoms with Gasteiger partial charge < -0.3 is 5.11 Å². The molecule has 9 heavy (non-hydrogen) atoms. The Morgan fingerprint density at radius 3 is 3.11 bits per heavy atom. The highest BCUT2D eigenvalue weighted by atomic mass is 16.4. The Bertz CT molecular complexity index is 194. The van der Waals surface area contributed by atoms with Crippen LogP contribution in [0.2, 0.25) is 0 Å². The smallest absolute Gasteiger partial charge is 0.348 e. The molecule has 0 saturated carbocycles. The van der Waals surface area contributed by atoms with Crippen molar-refractivity contribution in [2.75, 3.05) is 0 Å². The van der Waals surface area contributed by atoms with E-state index in [9.17, 15) is 4.79 Å². The zero-order valence-corrected chi connectivity index (χ0v) is 4.61. The quantitative estimate of drug-likeness (QED) is 0.490. The fourth-order valence-electron chi connectivity index (χ4n) is 0.488. The Labute approximate surface area is 50.9 Å². The van der Waals surface area contributed by atoms with E-state index in [1.807, 2.05) is 0 Å². The van der Waals surface area contributed by atoms with E-state index in [2.05, 4.69) is 10.3 Å². The summed E-state index contributed by atoms with van der Waals surface area (Å²) in [6.45, 7) is -0.0694. The van der Waals surface area contributed by atoms with E-state index in [0.29, 0.717) is 0 Å². The van der Waals surface area contributed by atoms with Gasteiger partial charge in [0.1, 0.15) is 0 Å². The minimum absolute atomic E-state index is 0.0694. The molecule has 0 radical (unpaired) electrons. The van der Waals surface area contributed by atoms with E-state index in [-0.39, 0.29) is 6.54 Å². The van der Waals surface area contributed by atoms with Gasteiger partial charge in [0.25, 0.3) is 0 Å². The second kappa shape index (κ2) is 2.25. The molecule has 0 aromatic carbocycles. The molecule has 5 heteroatoms. The number of aromatic amines is 1. The molecule has 0 bridgehead atoms. The number of carboxylic acid groups (broad SMARTS) is 1. The molecule has 1 aromatic heterocycles. The van der Waals surface area contributed by atoms with Crippen molar-refractivity contribution < 1.29 is 14.6 Å². The molecule has 0 aliphatic carbocycles. The number of rotatable bonds is 2. The summed E-state index contributed by atoms with van der Waals surface area (Å²) in [5.41, 5.74) is 0. The second-order valence-electron chi connectivity index (χ2n) is 1.55. The monoisotopic (exact) mass is 128 g/mol. The van der Waals surface area contributed by atoms with E-state index < -0.39 is 5.97 Å². The van der Waals surface area contributed by atoms with E-state index in [1.165, 1.54) is 10.9 Å². The predicted octanol–water partition coefficient (Wildman–Crippen LogP) is -1.22. The highest BCUT2D eigenvalue weighted by Gasteiger charge is 2.02. The third-order valence-electron chi connectivity index (χ3n) is 0.813. The van der Waals surface area contributed by atoms with E-state index >= 15 is 0 Å². The maximum Gasteiger partial charge on any atom is 0.348 e. The Balaban J connectivity index is 2.58. The fourth-order valence-corrected chi connectivity index (χ4v) is 0.488. The molecule has 5 nitrogen and oxygen atoms in total. The second-order valence-corrected chi connectivity index (χ2v) is 1.55. The molecule has 0 saturated heterocycles. The normalized spacial score (nSPS) is 9.33. The highest BCUT2D eigenvalue weighted by molar-refractivity contribution is 5.64. The molecular formula is C4H6N3O2+. The van der Waals surface area contributed by atoms with Crippen molar-refractivity contribution in [2.45, 2.75) is 6.54 Å². The molecule has 0 aliphatic rings. The van der Waals surface area contributed by atoms with Crippen molar-refractivity contribution in [2.24, 2.45) is 0 Å². The molecule has 0 aliphatic heterocycles. The van der Waals surface area contributed by atoms with Crippen LogP contribution < -0.4 is 4.68 Å². The summed E-state index contributed by atoms with van der Waals surface area (Å²) in [5.74, 6) is -0.885. The molecule has 0 spiro atoms. The van der Waals surface area contributed by atoms with Crippen LogP contribution in [0.4, 0.5) is 0 Å². The first kappa shape index (κ1) is 5.74. The average Bonchev–Trinajstić information content (AvgIpc) is 2.15. The summed E-state index contributed by atoms with van der Waals surface area (Å²) in [7, 11) is 0. The lowest BCUT2D eigenvalue weighted by atomic mass is 10.7. The fraction of sp³-hybridized carbons (Fsp3) is 0.250. The van der Waals surface area contributed by atoms with E-state index in [1.54, 1.807) is 6.20 Å². The Kier molecular flexibility index (Phi) is 1.44. The average molecular weight is 128 g/mol. The lowest BCUT2D eigenvalue weighted by Crippen LogP contribution is -2.39. The number of nitrogens with one attached hydrogen (secondary N) is 1. The van der Waals surface area contributed by atoms with Crippen LogP contribution in [0.15, 0.2) is 12.4 Å². The molecule has 0 amide bonds. The van der Waals surface area contributed by atoms with Crippen molar-refractivity contribution in [3.05, 3.63) is 12.4 Å². The first-order valence-electron chi connectivity index (χ1n) is 2.39. The van der Waals surface area contributed by atoms with Crippen molar-refractivity contribution in [1.82, 2.24) is 10.3 Å².